The first-order valence-corrected chi connectivity index (χ1v) is 10.9. The Labute approximate surface area is 170 Å². The molecule has 1 atom stereocenters. The molecule has 1 aliphatic rings. The molecule has 1 unspecified atom stereocenters. The first-order valence-electron chi connectivity index (χ1n) is 9.44. The molecule has 0 radical (unpaired) electrons. The van der Waals surface area contributed by atoms with Crippen LogP contribution in [0.25, 0.3) is 0 Å². The second-order valence-electron chi connectivity index (χ2n) is 7.01. The van der Waals surface area contributed by atoms with Gasteiger partial charge in [-0.15, -0.1) is 0 Å². The minimum atomic E-state index is -3.82. The van der Waals surface area contributed by atoms with E-state index in [0.717, 1.165) is 30.4 Å². The lowest BCUT2D eigenvalue weighted by Crippen LogP contribution is -2.36. The van der Waals surface area contributed by atoms with E-state index < -0.39 is 35.1 Å². The summed E-state index contributed by atoms with van der Waals surface area (Å²) in [7, 11) is -3.82. The Morgan fingerprint density at radius 1 is 1.10 bits per heavy atom. The number of carbonyl (C=O) groups is 2. The number of ether oxygens (including phenoxy) is 1. The van der Waals surface area contributed by atoms with E-state index in [4.69, 9.17) is 4.74 Å². The molecule has 0 saturated heterocycles. The molecule has 0 aromatic heterocycles. The van der Waals surface area contributed by atoms with Crippen LogP contribution >= 0.6 is 0 Å². The summed E-state index contributed by atoms with van der Waals surface area (Å²) in [5, 5.41) is 2.88. The third-order valence-electron chi connectivity index (χ3n) is 4.81. The number of amides is 1. The molecule has 1 amide bonds. The molecule has 2 aromatic carbocycles. The van der Waals surface area contributed by atoms with Crippen molar-refractivity contribution in [3.8, 4) is 0 Å². The molecule has 0 saturated carbocycles. The highest BCUT2D eigenvalue weighted by Crippen LogP contribution is 2.29. The van der Waals surface area contributed by atoms with Gasteiger partial charge in [-0.1, -0.05) is 42.0 Å². The molecule has 0 aliphatic heterocycles. The Bertz CT molecular complexity index is 986. The van der Waals surface area contributed by atoms with Gasteiger partial charge in [-0.25, -0.2) is 8.42 Å². The zero-order chi connectivity index (χ0) is 20.9. The van der Waals surface area contributed by atoms with E-state index in [2.05, 4.69) is 10.0 Å². The standard InChI is InChI=1S/C21H24N2O5S/c1-15-9-11-17(12-10-15)29(26,27)22-13-21(25)28-14-20(24)23-19-8-4-6-16-5-2-3-7-18(16)19/h2-3,5,7,9-12,19,22H,4,6,8,13-14H2,1H3,(H,23,24). The molecule has 8 heteroatoms. The molecule has 0 spiro atoms. The van der Waals surface area contributed by atoms with Gasteiger partial charge in [-0.2, -0.15) is 4.72 Å². The average Bonchev–Trinajstić information content (AvgIpc) is 2.71. The van der Waals surface area contributed by atoms with Gasteiger partial charge in [0.15, 0.2) is 6.61 Å². The zero-order valence-electron chi connectivity index (χ0n) is 16.2. The van der Waals surface area contributed by atoms with Gasteiger partial charge in [0.25, 0.3) is 5.91 Å². The summed E-state index contributed by atoms with van der Waals surface area (Å²) in [6.07, 6.45) is 2.79. The topological polar surface area (TPSA) is 102 Å². The van der Waals surface area contributed by atoms with Crippen LogP contribution in [0.5, 0.6) is 0 Å². The normalized spacial score (nSPS) is 16.0. The quantitative estimate of drug-likeness (QED) is 0.673. The van der Waals surface area contributed by atoms with Gasteiger partial charge in [0.1, 0.15) is 6.54 Å². The summed E-state index contributed by atoms with van der Waals surface area (Å²) in [6, 6.07) is 14.1. The number of aryl methyl sites for hydroxylation is 2. The summed E-state index contributed by atoms with van der Waals surface area (Å²) in [5.41, 5.74) is 3.23. The van der Waals surface area contributed by atoms with Crippen molar-refractivity contribution in [3.05, 3.63) is 65.2 Å². The first-order chi connectivity index (χ1) is 13.8. The Hall–Kier alpha value is -2.71. The van der Waals surface area contributed by atoms with Crippen LogP contribution in [-0.4, -0.2) is 33.4 Å². The molecule has 0 fully saturated rings. The molecule has 0 heterocycles. The molecule has 3 rings (SSSR count). The summed E-state index contributed by atoms with van der Waals surface area (Å²) in [6.45, 7) is 0.845. The smallest absolute Gasteiger partial charge is 0.321 e. The third-order valence-corrected chi connectivity index (χ3v) is 6.22. The van der Waals surface area contributed by atoms with Crippen LogP contribution in [0.4, 0.5) is 0 Å². The molecular formula is C21H24N2O5S. The van der Waals surface area contributed by atoms with E-state index >= 15 is 0 Å². The number of hydrogen-bond donors (Lipinski definition) is 2. The second kappa shape index (κ2) is 9.19. The van der Waals surface area contributed by atoms with Gasteiger partial charge in [0.2, 0.25) is 10.0 Å². The average molecular weight is 416 g/mol. The minimum absolute atomic E-state index is 0.0598. The summed E-state index contributed by atoms with van der Waals surface area (Å²) in [5.74, 6) is -1.23. The zero-order valence-corrected chi connectivity index (χ0v) is 17.0. The van der Waals surface area contributed by atoms with Crippen molar-refractivity contribution in [3.63, 3.8) is 0 Å². The second-order valence-corrected chi connectivity index (χ2v) is 8.78. The maximum Gasteiger partial charge on any atom is 0.321 e. The lowest BCUT2D eigenvalue weighted by molar-refractivity contribution is -0.147. The van der Waals surface area contributed by atoms with Crippen LogP contribution in [0.15, 0.2) is 53.4 Å². The lowest BCUT2D eigenvalue weighted by atomic mass is 9.88. The molecule has 2 aromatic rings. The fraction of sp³-hybridized carbons (Fsp3) is 0.333. The molecule has 2 N–H and O–H groups in total. The molecular weight excluding hydrogens is 392 g/mol. The van der Waals surface area contributed by atoms with Gasteiger partial charge in [-0.3, -0.25) is 9.59 Å². The predicted octanol–water partition coefficient (Wildman–Crippen LogP) is 2.01. The largest absolute Gasteiger partial charge is 0.455 e. The summed E-state index contributed by atoms with van der Waals surface area (Å²) >= 11 is 0. The summed E-state index contributed by atoms with van der Waals surface area (Å²) in [4.78, 5) is 24.1. The van der Waals surface area contributed by atoms with E-state index in [0.29, 0.717) is 0 Å². The van der Waals surface area contributed by atoms with Crippen molar-refractivity contribution in [1.29, 1.82) is 0 Å². The van der Waals surface area contributed by atoms with E-state index in [1.54, 1.807) is 12.1 Å². The first kappa shape index (κ1) is 21.0. The SMILES string of the molecule is Cc1ccc(S(=O)(=O)NCC(=O)OCC(=O)NC2CCCc3ccccc32)cc1. The van der Waals surface area contributed by atoms with E-state index in [1.165, 1.54) is 17.7 Å². The van der Waals surface area contributed by atoms with Gasteiger partial charge < -0.3 is 10.1 Å². The number of sulfonamides is 1. The van der Waals surface area contributed by atoms with Crippen LogP contribution in [0.1, 0.15) is 35.6 Å². The van der Waals surface area contributed by atoms with Crippen molar-refractivity contribution >= 4 is 21.9 Å². The van der Waals surface area contributed by atoms with Gasteiger partial charge >= 0.3 is 5.97 Å². The van der Waals surface area contributed by atoms with Crippen LogP contribution in [-0.2, 0) is 30.8 Å². The monoisotopic (exact) mass is 416 g/mol. The Kier molecular flexibility index (Phi) is 6.66. The number of benzene rings is 2. The minimum Gasteiger partial charge on any atom is -0.455 e. The molecule has 0 bridgehead atoms. The van der Waals surface area contributed by atoms with Gasteiger partial charge in [0.05, 0.1) is 10.9 Å². The van der Waals surface area contributed by atoms with Crippen molar-refractivity contribution < 1.29 is 22.7 Å². The maximum atomic E-state index is 12.2. The molecule has 7 nitrogen and oxygen atoms in total. The van der Waals surface area contributed by atoms with E-state index in [-0.39, 0.29) is 10.9 Å². The van der Waals surface area contributed by atoms with Gasteiger partial charge in [0, 0.05) is 0 Å². The fourth-order valence-electron chi connectivity index (χ4n) is 3.29. The molecule has 1 aliphatic carbocycles. The van der Waals surface area contributed by atoms with Crippen molar-refractivity contribution in [1.82, 2.24) is 10.0 Å². The lowest BCUT2D eigenvalue weighted by Gasteiger charge is -2.26. The third kappa shape index (κ3) is 5.65. The highest BCUT2D eigenvalue weighted by atomic mass is 32.2. The molecule has 29 heavy (non-hydrogen) atoms. The Morgan fingerprint density at radius 3 is 2.59 bits per heavy atom. The van der Waals surface area contributed by atoms with Crippen molar-refractivity contribution in [2.24, 2.45) is 0 Å². The Morgan fingerprint density at radius 2 is 1.83 bits per heavy atom. The Balaban J connectivity index is 1.46. The number of hydrogen-bond acceptors (Lipinski definition) is 5. The number of nitrogens with one attached hydrogen (secondary N) is 2. The highest BCUT2D eigenvalue weighted by molar-refractivity contribution is 7.89. The molecule has 154 valence electrons. The van der Waals surface area contributed by atoms with Crippen LogP contribution in [0.3, 0.4) is 0 Å². The van der Waals surface area contributed by atoms with Crippen LogP contribution in [0.2, 0.25) is 0 Å². The van der Waals surface area contributed by atoms with Crippen LogP contribution < -0.4 is 10.0 Å². The maximum absolute atomic E-state index is 12.2. The number of rotatable bonds is 7. The fourth-order valence-corrected chi connectivity index (χ4v) is 4.26. The van der Waals surface area contributed by atoms with Crippen LogP contribution in [0, 0.1) is 6.92 Å². The van der Waals surface area contributed by atoms with Crippen molar-refractivity contribution in [2.75, 3.05) is 13.2 Å². The number of carbonyl (C=O) groups excluding carboxylic acids is 2. The summed E-state index contributed by atoms with van der Waals surface area (Å²) < 4.78 is 31.4. The number of esters is 1. The van der Waals surface area contributed by atoms with Crippen molar-refractivity contribution in [2.45, 2.75) is 37.1 Å². The predicted molar refractivity (Wildman–Crippen MR) is 108 cm³/mol. The number of fused-ring (bicyclic) bond motifs is 1. The van der Waals surface area contributed by atoms with E-state index in [1.807, 2.05) is 31.2 Å². The van der Waals surface area contributed by atoms with E-state index in [9.17, 15) is 18.0 Å². The van der Waals surface area contributed by atoms with Gasteiger partial charge in [-0.05, 0) is 49.4 Å². The highest BCUT2D eigenvalue weighted by Gasteiger charge is 2.22.